The molecule has 2 aliphatic rings. The van der Waals surface area contributed by atoms with E-state index < -0.39 is 11.9 Å². The van der Waals surface area contributed by atoms with Crippen molar-refractivity contribution in [1.82, 2.24) is 0 Å². The molecule has 0 fully saturated rings. The molecule has 0 atom stereocenters. The van der Waals surface area contributed by atoms with Crippen molar-refractivity contribution in [2.45, 2.75) is 64.2 Å². The van der Waals surface area contributed by atoms with E-state index in [1.165, 1.54) is 32.7 Å². The molecular weight excluding hydrogens is 584 g/mol. The molecule has 2 N–H and O–H groups in total. The third kappa shape index (κ3) is 5.89. The van der Waals surface area contributed by atoms with Crippen molar-refractivity contribution < 1.29 is 24.4 Å². The average molecular weight is 628 g/mol. The van der Waals surface area contributed by atoms with Gasteiger partial charge in [-0.25, -0.2) is 0 Å². The SMILES string of the molecule is CC1(C)C(/C=C/CC/C=C/C=C2/N(CCC(=O)O)c3ccc4ccccc4c3C2(C)C)=[N+](CCC(=O)O)c2ccc3ccccc3c21. The van der Waals surface area contributed by atoms with Gasteiger partial charge in [-0.1, -0.05) is 86.7 Å². The number of fused-ring (bicyclic) bond motifs is 6. The Morgan fingerprint density at radius 1 is 0.745 bits per heavy atom. The van der Waals surface area contributed by atoms with Crippen molar-refractivity contribution in [3.8, 4) is 0 Å². The van der Waals surface area contributed by atoms with Gasteiger partial charge in [-0.2, -0.15) is 4.58 Å². The van der Waals surface area contributed by atoms with Crippen LogP contribution in [0.2, 0.25) is 0 Å². The number of hydrogen-bond donors (Lipinski definition) is 2. The van der Waals surface area contributed by atoms with Gasteiger partial charge >= 0.3 is 11.9 Å². The summed E-state index contributed by atoms with van der Waals surface area (Å²) in [5, 5.41) is 23.8. The van der Waals surface area contributed by atoms with E-state index in [-0.39, 0.29) is 23.7 Å². The molecule has 0 aliphatic carbocycles. The van der Waals surface area contributed by atoms with Crippen LogP contribution in [0, 0.1) is 0 Å². The van der Waals surface area contributed by atoms with Crippen LogP contribution in [0.15, 0.2) is 109 Å². The number of carbonyl (C=O) groups is 2. The quantitative estimate of drug-likeness (QED) is 0.128. The summed E-state index contributed by atoms with van der Waals surface area (Å²) >= 11 is 0. The summed E-state index contributed by atoms with van der Waals surface area (Å²) < 4.78 is 2.18. The molecule has 0 unspecified atom stereocenters. The molecule has 6 nitrogen and oxygen atoms in total. The van der Waals surface area contributed by atoms with E-state index in [0.29, 0.717) is 13.1 Å². The lowest BCUT2D eigenvalue weighted by molar-refractivity contribution is -0.436. The maximum atomic E-state index is 11.6. The summed E-state index contributed by atoms with van der Waals surface area (Å²) in [5.74, 6) is -1.61. The largest absolute Gasteiger partial charge is 0.481 e. The first-order valence-electron chi connectivity index (χ1n) is 16.5. The molecule has 0 saturated heterocycles. The molecule has 4 aromatic rings. The molecule has 2 heterocycles. The fourth-order valence-electron chi connectivity index (χ4n) is 7.61. The van der Waals surface area contributed by atoms with E-state index in [9.17, 15) is 19.8 Å². The summed E-state index contributed by atoms with van der Waals surface area (Å²) in [4.78, 5) is 25.3. The Labute approximate surface area is 276 Å². The zero-order valence-corrected chi connectivity index (χ0v) is 27.7. The van der Waals surface area contributed by atoms with Crippen LogP contribution in [0.5, 0.6) is 0 Å². The van der Waals surface area contributed by atoms with Crippen LogP contribution in [0.25, 0.3) is 21.5 Å². The number of benzene rings is 4. The molecule has 0 bridgehead atoms. The first kappa shape index (κ1) is 32.0. The summed E-state index contributed by atoms with van der Waals surface area (Å²) in [6.07, 6.45) is 12.6. The third-order valence-electron chi connectivity index (χ3n) is 9.77. The van der Waals surface area contributed by atoms with Gasteiger partial charge in [-0.05, 0) is 72.0 Å². The Kier molecular flexibility index (Phi) is 8.63. The van der Waals surface area contributed by atoms with Crippen molar-refractivity contribution in [2.75, 3.05) is 18.0 Å². The van der Waals surface area contributed by atoms with Gasteiger partial charge in [0.25, 0.3) is 0 Å². The van der Waals surface area contributed by atoms with Crippen molar-refractivity contribution in [2.24, 2.45) is 0 Å². The van der Waals surface area contributed by atoms with E-state index in [4.69, 9.17) is 0 Å². The highest BCUT2D eigenvalue weighted by molar-refractivity contribution is 6.07. The Bertz CT molecular complexity index is 2010. The molecule has 0 saturated carbocycles. The van der Waals surface area contributed by atoms with E-state index >= 15 is 0 Å². The highest BCUT2D eigenvalue weighted by Gasteiger charge is 2.45. The number of carboxylic acid groups (broad SMARTS) is 2. The van der Waals surface area contributed by atoms with Crippen molar-refractivity contribution in [3.63, 3.8) is 0 Å². The van der Waals surface area contributed by atoms with Crippen LogP contribution >= 0.6 is 0 Å². The van der Waals surface area contributed by atoms with Gasteiger partial charge in [0.2, 0.25) is 5.69 Å². The minimum Gasteiger partial charge on any atom is -0.481 e. The van der Waals surface area contributed by atoms with E-state index in [0.717, 1.165) is 35.6 Å². The number of aliphatic carboxylic acids is 2. The predicted octanol–water partition coefficient (Wildman–Crippen LogP) is 8.89. The number of unbranched alkanes of at least 4 members (excludes halogenated alkanes) is 1. The second kappa shape index (κ2) is 12.7. The minimum atomic E-state index is -0.806. The Hall–Kier alpha value is -4.97. The van der Waals surface area contributed by atoms with E-state index in [1.807, 2.05) is 6.07 Å². The normalized spacial score (nSPS) is 17.4. The summed E-state index contributed by atoms with van der Waals surface area (Å²) in [6.45, 7) is 9.73. The predicted molar refractivity (Wildman–Crippen MR) is 191 cm³/mol. The number of hydrogen-bond acceptors (Lipinski definition) is 3. The van der Waals surface area contributed by atoms with Gasteiger partial charge in [0, 0.05) is 41.1 Å². The van der Waals surface area contributed by atoms with Crippen LogP contribution in [0.3, 0.4) is 0 Å². The topological polar surface area (TPSA) is 80.9 Å². The smallest absolute Gasteiger partial charge is 0.309 e. The van der Waals surface area contributed by atoms with E-state index in [1.54, 1.807) is 0 Å². The maximum Gasteiger partial charge on any atom is 0.309 e. The first-order chi connectivity index (χ1) is 22.5. The zero-order chi connectivity index (χ0) is 33.3. The second-order valence-electron chi connectivity index (χ2n) is 13.5. The van der Waals surface area contributed by atoms with Crippen LogP contribution in [0.1, 0.15) is 64.5 Å². The number of rotatable bonds is 11. The lowest BCUT2D eigenvalue weighted by Gasteiger charge is -2.26. The van der Waals surface area contributed by atoms with Gasteiger partial charge in [0.15, 0.2) is 12.3 Å². The molecule has 4 aromatic carbocycles. The number of anilines is 1. The van der Waals surface area contributed by atoms with Gasteiger partial charge < -0.3 is 15.1 Å². The fraction of sp³-hybridized carbons (Fsp3) is 0.293. The third-order valence-corrected chi connectivity index (χ3v) is 9.77. The molecule has 0 spiro atoms. The summed E-state index contributed by atoms with van der Waals surface area (Å²) in [6, 6.07) is 25.3. The monoisotopic (exact) mass is 627 g/mol. The molecule has 0 aromatic heterocycles. The van der Waals surface area contributed by atoms with E-state index in [2.05, 4.69) is 134 Å². The highest BCUT2D eigenvalue weighted by Crippen LogP contribution is 2.51. The van der Waals surface area contributed by atoms with Crippen molar-refractivity contribution >= 4 is 50.6 Å². The van der Waals surface area contributed by atoms with Gasteiger partial charge in [-0.3, -0.25) is 9.59 Å². The van der Waals surface area contributed by atoms with Gasteiger partial charge in [-0.15, -0.1) is 0 Å². The van der Waals surface area contributed by atoms with Crippen LogP contribution in [0.4, 0.5) is 11.4 Å². The lowest BCUT2D eigenvalue weighted by Crippen LogP contribution is -2.28. The minimum absolute atomic E-state index is 0.0620. The van der Waals surface area contributed by atoms with Crippen molar-refractivity contribution in [1.29, 1.82) is 0 Å². The molecule has 0 radical (unpaired) electrons. The fourth-order valence-corrected chi connectivity index (χ4v) is 7.61. The summed E-state index contributed by atoms with van der Waals surface area (Å²) in [5.41, 5.74) is 6.28. The molecule has 2 aliphatic heterocycles. The van der Waals surface area contributed by atoms with Gasteiger partial charge in [0.1, 0.15) is 6.42 Å². The number of nitrogens with zero attached hydrogens (tertiary/aromatic N) is 2. The lowest BCUT2D eigenvalue weighted by atomic mass is 9.79. The first-order valence-corrected chi connectivity index (χ1v) is 16.5. The molecule has 240 valence electrons. The molecular formula is C41H43N2O4+. The molecule has 47 heavy (non-hydrogen) atoms. The standard InChI is InChI=1S/C41H42N2O4/c1-40(2)34(42(26-24-36(44)45)32-22-20-28-14-10-12-16-30(28)38(32)40)18-8-6-5-7-9-19-35-41(3,4)39-31-17-13-11-15-29(31)21-23-33(39)43(35)27-25-37(46)47/h6,8-23H,5,7,24-27H2,1-4H3,(H-,44,45,46,47)/p+1/b8-6+,19-9+,34-18+. The van der Waals surface area contributed by atoms with Crippen LogP contribution in [-0.2, 0) is 20.4 Å². The Balaban J connectivity index is 1.23. The van der Waals surface area contributed by atoms with Gasteiger partial charge in [0.05, 0.1) is 11.8 Å². The molecule has 6 heteroatoms. The Morgan fingerprint density at radius 2 is 1.36 bits per heavy atom. The second-order valence-corrected chi connectivity index (χ2v) is 13.5. The molecule has 0 amide bonds. The Morgan fingerprint density at radius 3 is 2.04 bits per heavy atom. The maximum absolute atomic E-state index is 11.6. The zero-order valence-electron chi connectivity index (χ0n) is 27.7. The number of allylic oxidation sites excluding steroid dienone is 6. The number of carboxylic acids is 2. The summed E-state index contributed by atoms with van der Waals surface area (Å²) in [7, 11) is 0. The highest BCUT2D eigenvalue weighted by atomic mass is 16.4. The van der Waals surface area contributed by atoms with Crippen molar-refractivity contribution in [3.05, 3.63) is 120 Å². The van der Waals surface area contributed by atoms with Crippen LogP contribution < -0.4 is 4.90 Å². The van der Waals surface area contributed by atoms with Crippen LogP contribution in [-0.4, -0.2) is 45.5 Å². The molecule has 6 rings (SSSR count). The average Bonchev–Trinajstić information content (AvgIpc) is 3.40.